The Kier molecular flexibility index (Phi) is 4.59. The van der Waals surface area contributed by atoms with Crippen LogP contribution in [0.2, 0.25) is 0 Å². The van der Waals surface area contributed by atoms with Crippen molar-refractivity contribution in [3.05, 3.63) is 34.3 Å². The third-order valence-electron chi connectivity index (χ3n) is 2.77. The summed E-state index contributed by atoms with van der Waals surface area (Å²) >= 11 is 3.50. The number of morpholine rings is 1. The maximum atomic E-state index is 5.51. The molecule has 0 unspecified atom stereocenters. The fourth-order valence-corrected chi connectivity index (χ4v) is 2.32. The largest absolute Gasteiger partial charge is 0.378 e. The normalized spacial score (nSPS) is 16.7. The highest BCUT2D eigenvalue weighted by Crippen LogP contribution is 2.26. The summed E-state index contributed by atoms with van der Waals surface area (Å²) in [5.74, 6) is 0. The second-order valence-electron chi connectivity index (χ2n) is 3.94. The lowest BCUT2D eigenvalue weighted by atomic mass is 10.1. The van der Waals surface area contributed by atoms with E-state index in [2.05, 4.69) is 45.1 Å². The summed E-state index contributed by atoms with van der Waals surface area (Å²) < 4.78 is 6.47. The fourth-order valence-electron chi connectivity index (χ4n) is 1.95. The predicted molar refractivity (Wildman–Crippen MR) is 75.3 cm³/mol. The molecule has 1 saturated heterocycles. The maximum Gasteiger partial charge on any atom is 0.0642 e. The second-order valence-corrected chi connectivity index (χ2v) is 4.86. The molecule has 0 amide bonds. The van der Waals surface area contributed by atoms with Crippen LogP contribution in [0.5, 0.6) is 0 Å². The van der Waals surface area contributed by atoms with E-state index in [-0.39, 0.29) is 0 Å². The number of nitrogens with zero attached hydrogens (tertiary/aromatic N) is 1. The van der Waals surface area contributed by atoms with Crippen LogP contribution in [0.3, 0.4) is 0 Å². The lowest BCUT2D eigenvalue weighted by Gasteiger charge is -2.30. The number of hydrogen-bond acceptors (Lipinski definition) is 3. The van der Waals surface area contributed by atoms with E-state index in [1.54, 1.807) is 0 Å². The van der Waals surface area contributed by atoms with Crippen LogP contribution in [0.15, 0.2) is 28.7 Å². The minimum atomic E-state index is 0.565. The lowest BCUT2D eigenvalue weighted by Crippen LogP contribution is -2.36. The first-order valence-corrected chi connectivity index (χ1v) is 6.59. The molecule has 1 heterocycles. The highest BCUT2D eigenvalue weighted by molar-refractivity contribution is 9.10. The molecule has 0 bridgehead atoms. The number of anilines is 1. The van der Waals surface area contributed by atoms with Crippen molar-refractivity contribution in [3.8, 4) is 0 Å². The number of rotatable bonds is 3. The van der Waals surface area contributed by atoms with Gasteiger partial charge in [0.25, 0.3) is 0 Å². The molecule has 1 aromatic rings. The highest BCUT2D eigenvalue weighted by Gasteiger charge is 2.13. The minimum Gasteiger partial charge on any atom is -0.378 e. The Morgan fingerprint density at radius 3 is 2.82 bits per heavy atom. The molecular weight excluding hydrogens is 280 g/mol. The predicted octanol–water partition coefficient (Wildman–Crippen LogP) is 2.26. The summed E-state index contributed by atoms with van der Waals surface area (Å²) in [4.78, 5) is 2.35. The van der Waals surface area contributed by atoms with Gasteiger partial charge in [-0.3, -0.25) is 0 Å². The third kappa shape index (κ3) is 3.31. The third-order valence-corrected chi connectivity index (χ3v) is 3.27. The molecule has 17 heavy (non-hydrogen) atoms. The first kappa shape index (κ1) is 12.6. The van der Waals surface area contributed by atoms with Crippen LogP contribution in [-0.2, 0) is 4.74 Å². The topological polar surface area (TPSA) is 38.5 Å². The summed E-state index contributed by atoms with van der Waals surface area (Å²) in [6, 6.07) is 6.34. The van der Waals surface area contributed by atoms with Crippen molar-refractivity contribution in [2.24, 2.45) is 5.73 Å². The SMILES string of the molecule is NC/C=C/c1cc(Br)ccc1N1CCOCC1. The van der Waals surface area contributed by atoms with Crippen LogP contribution >= 0.6 is 15.9 Å². The summed E-state index contributed by atoms with van der Waals surface area (Å²) in [5, 5.41) is 0. The van der Waals surface area contributed by atoms with E-state index in [0.717, 1.165) is 30.8 Å². The van der Waals surface area contributed by atoms with Crippen LogP contribution in [0.1, 0.15) is 5.56 Å². The van der Waals surface area contributed by atoms with E-state index in [0.29, 0.717) is 6.54 Å². The van der Waals surface area contributed by atoms with E-state index in [1.807, 2.05) is 6.08 Å². The summed E-state index contributed by atoms with van der Waals surface area (Å²) in [6.07, 6.45) is 4.06. The van der Waals surface area contributed by atoms with Gasteiger partial charge < -0.3 is 15.4 Å². The van der Waals surface area contributed by atoms with Crippen molar-refractivity contribution in [2.45, 2.75) is 0 Å². The lowest BCUT2D eigenvalue weighted by molar-refractivity contribution is 0.122. The van der Waals surface area contributed by atoms with Crippen molar-refractivity contribution in [1.29, 1.82) is 0 Å². The van der Waals surface area contributed by atoms with Gasteiger partial charge in [0.2, 0.25) is 0 Å². The van der Waals surface area contributed by atoms with Crippen molar-refractivity contribution in [3.63, 3.8) is 0 Å². The Morgan fingerprint density at radius 2 is 2.12 bits per heavy atom. The second kappa shape index (κ2) is 6.19. The standard InChI is InChI=1S/C13H17BrN2O/c14-12-3-4-13(11(10-12)2-1-5-15)16-6-8-17-9-7-16/h1-4,10H,5-9,15H2/b2-1+. The van der Waals surface area contributed by atoms with Crippen molar-refractivity contribution in [2.75, 3.05) is 37.7 Å². The Balaban J connectivity index is 2.27. The van der Waals surface area contributed by atoms with Gasteiger partial charge in [-0.25, -0.2) is 0 Å². The van der Waals surface area contributed by atoms with Gasteiger partial charge >= 0.3 is 0 Å². The molecule has 2 rings (SSSR count). The van der Waals surface area contributed by atoms with Crippen LogP contribution in [0, 0.1) is 0 Å². The van der Waals surface area contributed by atoms with Gasteiger partial charge in [-0.1, -0.05) is 28.1 Å². The van der Waals surface area contributed by atoms with Gasteiger partial charge in [-0.05, 0) is 23.8 Å². The molecule has 0 spiro atoms. The molecule has 0 saturated carbocycles. The van der Waals surface area contributed by atoms with Crippen LogP contribution in [-0.4, -0.2) is 32.8 Å². The molecule has 1 aliphatic rings. The number of nitrogens with two attached hydrogens (primary N) is 1. The zero-order chi connectivity index (χ0) is 12.1. The van der Waals surface area contributed by atoms with E-state index in [1.165, 1.54) is 11.3 Å². The van der Waals surface area contributed by atoms with Gasteiger partial charge in [0.1, 0.15) is 0 Å². The molecule has 0 radical (unpaired) electrons. The van der Waals surface area contributed by atoms with Gasteiger partial charge in [-0.2, -0.15) is 0 Å². The van der Waals surface area contributed by atoms with Crippen LogP contribution in [0.4, 0.5) is 5.69 Å². The van der Waals surface area contributed by atoms with Gasteiger partial charge in [0, 0.05) is 29.8 Å². The molecule has 4 heteroatoms. The molecule has 2 N–H and O–H groups in total. The molecule has 0 aromatic heterocycles. The van der Waals surface area contributed by atoms with Crippen LogP contribution < -0.4 is 10.6 Å². The molecule has 1 aromatic carbocycles. The zero-order valence-corrected chi connectivity index (χ0v) is 11.3. The molecule has 1 aliphatic heterocycles. The Hall–Kier alpha value is -0.840. The molecule has 92 valence electrons. The summed E-state index contributed by atoms with van der Waals surface area (Å²) in [5.41, 5.74) is 7.96. The van der Waals surface area contributed by atoms with E-state index in [4.69, 9.17) is 10.5 Å². The molecule has 3 nitrogen and oxygen atoms in total. The zero-order valence-electron chi connectivity index (χ0n) is 9.73. The number of ether oxygens (including phenoxy) is 1. The number of benzene rings is 1. The Bertz CT molecular complexity index is 400. The van der Waals surface area contributed by atoms with Crippen LogP contribution in [0.25, 0.3) is 6.08 Å². The number of halogens is 1. The quantitative estimate of drug-likeness (QED) is 0.930. The smallest absolute Gasteiger partial charge is 0.0642 e. The Morgan fingerprint density at radius 1 is 1.35 bits per heavy atom. The molecule has 0 aliphatic carbocycles. The van der Waals surface area contributed by atoms with Crippen molar-refractivity contribution < 1.29 is 4.74 Å². The monoisotopic (exact) mass is 296 g/mol. The van der Waals surface area contributed by atoms with E-state index < -0.39 is 0 Å². The molecule has 0 atom stereocenters. The van der Waals surface area contributed by atoms with Crippen molar-refractivity contribution in [1.82, 2.24) is 0 Å². The molecular formula is C13H17BrN2O. The summed E-state index contributed by atoms with van der Waals surface area (Å²) in [7, 11) is 0. The molecule has 1 fully saturated rings. The number of hydrogen-bond donors (Lipinski definition) is 1. The fraction of sp³-hybridized carbons (Fsp3) is 0.385. The van der Waals surface area contributed by atoms with E-state index in [9.17, 15) is 0 Å². The average molecular weight is 297 g/mol. The first-order chi connectivity index (χ1) is 8.31. The van der Waals surface area contributed by atoms with Gasteiger partial charge in [0.15, 0.2) is 0 Å². The minimum absolute atomic E-state index is 0.565. The summed E-state index contributed by atoms with van der Waals surface area (Å²) in [6.45, 7) is 4.07. The van der Waals surface area contributed by atoms with Gasteiger partial charge in [0.05, 0.1) is 13.2 Å². The van der Waals surface area contributed by atoms with E-state index >= 15 is 0 Å². The first-order valence-electron chi connectivity index (χ1n) is 5.80. The average Bonchev–Trinajstić information content (AvgIpc) is 2.37. The highest BCUT2D eigenvalue weighted by atomic mass is 79.9. The van der Waals surface area contributed by atoms with Gasteiger partial charge in [-0.15, -0.1) is 0 Å². The Labute approximate surface area is 110 Å². The maximum absolute atomic E-state index is 5.51. The van der Waals surface area contributed by atoms with Crippen molar-refractivity contribution >= 4 is 27.7 Å².